The zero-order chi connectivity index (χ0) is 13.0. The van der Waals surface area contributed by atoms with Gasteiger partial charge in [0.25, 0.3) is 0 Å². The van der Waals surface area contributed by atoms with Crippen LogP contribution in [0, 0.1) is 0 Å². The third-order valence-electron chi connectivity index (χ3n) is 2.96. The SMILES string of the molecule is Nc1cccc(C(=O)OCC2CCCCO2)c1O. The number of phenolic OH excluding ortho intramolecular Hbond substituents is 1. The number of para-hydroxylation sites is 1. The highest BCUT2D eigenvalue weighted by Crippen LogP contribution is 2.25. The molecule has 0 saturated carbocycles. The Bertz CT molecular complexity index is 427. The van der Waals surface area contributed by atoms with Crippen molar-refractivity contribution in [3.63, 3.8) is 0 Å². The van der Waals surface area contributed by atoms with Crippen LogP contribution in [0.15, 0.2) is 18.2 Å². The molecule has 1 aromatic rings. The van der Waals surface area contributed by atoms with Crippen LogP contribution in [0.1, 0.15) is 29.6 Å². The molecule has 0 aromatic heterocycles. The van der Waals surface area contributed by atoms with Crippen molar-refractivity contribution in [3.05, 3.63) is 23.8 Å². The molecule has 1 saturated heterocycles. The summed E-state index contributed by atoms with van der Waals surface area (Å²) in [6.07, 6.45) is 3.01. The number of anilines is 1. The summed E-state index contributed by atoms with van der Waals surface area (Å²) >= 11 is 0. The number of carbonyl (C=O) groups excluding carboxylic acids is 1. The zero-order valence-electron chi connectivity index (χ0n) is 10.1. The Morgan fingerprint density at radius 2 is 2.33 bits per heavy atom. The lowest BCUT2D eigenvalue weighted by Gasteiger charge is -2.22. The molecule has 0 spiro atoms. The van der Waals surface area contributed by atoms with E-state index in [0.29, 0.717) is 6.61 Å². The number of esters is 1. The fourth-order valence-corrected chi connectivity index (χ4v) is 1.91. The highest BCUT2D eigenvalue weighted by Gasteiger charge is 2.19. The number of aromatic hydroxyl groups is 1. The summed E-state index contributed by atoms with van der Waals surface area (Å²) in [6, 6.07) is 4.61. The molecule has 1 atom stereocenters. The summed E-state index contributed by atoms with van der Waals surface area (Å²) in [5.74, 6) is -0.805. The molecule has 1 aliphatic rings. The molecule has 1 fully saturated rings. The van der Waals surface area contributed by atoms with E-state index in [1.807, 2.05) is 0 Å². The number of phenols is 1. The molecule has 1 unspecified atom stereocenters. The summed E-state index contributed by atoms with van der Waals surface area (Å²) in [5.41, 5.74) is 5.77. The van der Waals surface area contributed by atoms with Gasteiger partial charge in [0.2, 0.25) is 0 Å². The fraction of sp³-hybridized carbons (Fsp3) is 0.462. The minimum absolute atomic E-state index is 0.0362. The van der Waals surface area contributed by atoms with Crippen LogP contribution in [0.4, 0.5) is 5.69 Å². The van der Waals surface area contributed by atoms with Gasteiger partial charge < -0.3 is 20.3 Å². The van der Waals surface area contributed by atoms with Crippen molar-refractivity contribution < 1.29 is 19.4 Å². The molecule has 0 radical (unpaired) electrons. The fourth-order valence-electron chi connectivity index (χ4n) is 1.91. The minimum atomic E-state index is -0.575. The van der Waals surface area contributed by atoms with E-state index in [1.165, 1.54) is 12.1 Å². The summed E-state index contributed by atoms with van der Waals surface area (Å²) < 4.78 is 10.6. The van der Waals surface area contributed by atoms with E-state index in [1.54, 1.807) is 6.07 Å². The normalized spacial score (nSPS) is 19.4. The quantitative estimate of drug-likeness (QED) is 0.485. The van der Waals surface area contributed by atoms with Gasteiger partial charge in [0.05, 0.1) is 11.8 Å². The maximum Gasteiger partial charge on any atom is 0.342 e. The van der Waals surface area contributed by atoms with Crippen LogP contribution in [0.5, 0.6) is 5.75 Å². The van der Waals surface area contributed by atoms with E-state index in [4.69, 9.17) is 15.2 Å². The molecule has 3 N–H and O–H groups in total. The Balaban J connectivity index is 1.93. The third-order valence-corrected chi connectivity index (χ3v) is 2.96. The van der Waals surface area contributed by atoms with E-state index in [-0.39, 0.29) is 29.7 Å². The first-order chi connectivity index (χ1) is 8.68. The predicted molar refractivity (Wildman–Crippen MR) is 66.4 cm³/mol. The topological polar surface area (TPSA) is 81.8 Å². The molecular formula is C13H17NO4. The Morgan fingerprint density at radius 3 is 3.06 bits per heavy atom. The maximum atomic E-state index is 11.8. The molecule has 5 heteroatoms. The van der Waals surface area contributed by atoms with Crippen LogP contribution >= 0.6 is 0 Å². The smallest absolute Gasteiger partial charge is 0.342 e. The van der Waals surface area contributed by atoms with Gasteiger partial charge in [-0.2, -0.15) is 0 Å². The molecule has 1 aliphatic heterocycles. The van der Waals surface area contributed by atoms with Crippen molar-refractivity contribution in [2.75, 3.05) is 18.9 Å². The Kier molecular flexibility index (Phi) is 4.04. The van der Waals surface area contributed by atoms with Gasteiger partial charge in [-0.25, -0.2) is 4.79 Å². The minimum Gasteiger partial charge on any atom is -0.505 e. The summed E-state index contributed by atoms with van der Waals surface area (Å²) in [4.78, 5) is 11.8. The molecule has 0 aliphatic carbocycles. The predicted octanol–water partition coefficient (Wildman–Crippen LogP) is 1.70. The van der Waals surface area contributed by atoms with Crippen LogP contribution in [0.25, 0.3) is 0 Å². The lowest BCUT2D eigenvalue weighted by Crippen LogP contribution is -2.26. The van der Waals surface area contributed by atoms with Gasteiger partial charge in [-0.3, -0.25) is 0 Å². The molecule has 0 bridgehead atoms. The van der Waals surface area contributed by atoms with E-state index < -0.39 is 5.97 Å². The lowest BCUT2D eigenvalue weighted by molar-refractivity contribution is -0.0301. The number of ether oxygens (including phenoxy) is 2. The highest BCUT2D eigenvalue weighted by atomic mass is 16.6. The third kappa shape index (κ3) is 2.92. The van der Waals surface area contributed by atoms with E-state index in [2.05, 4.69) is 0 Å². The maximum absolute atomic E-state index is 11.8. The second-order valence-electron chi connectivity index (χ2n) is 4.33. The first-order valence-corrected chi connectivity index (χ1v) is 6.04. The molecule has 5 nitrogen and oxygen atoms in total. The van der Waals surface area contributed by atoms with Crippen LogP contribution < -0.4 is 5.73 Å². The molecular weight excluding hydrogens is 234 g/mol. The van der Waals surface area contributed by atoms with E-state index in [9.17, 15) is 9.90 Å². The molecule has 18 heavy (non-hydrogen) atoms. The second kappa shape index (κ2) is 5.73. The van der Waals surface area contributed by atoms with Gasteiger partial charge in [-0.1, -0.05) is 6.07 Å². The standard InChI is InChI=1S/C13H17NO4/c14-11-6-3-5-10(12(11)15)13(16)18-8-9-4-1-2-7-17-9/h3,5-6,9,15H,1-2,4,7-8,14H2. The van der Waals surface area contributed by atoms with E-state index in [0.717, 1.165) is 19.3 Å². The number of nitrogens with two attached hydrogens (primary N) is 1. The van der Waals surface area contributed by atoms with Crippen molar-refractivity contribution >= 4 is 11.7 Å². The van der Waals surface area contributed by atoms with Gasteiger partial charge in [0.1, 0.15) is 12.2 Å². The molecule has 98 valence electrons. The first kappa shape index (κ1) is 12.7. The van der Waals surface area contributed by atoms with Gasteiger partial charge in [0, 0.05) is 6.61 Å². The summed E-state index contributed by atoms with van der Waals surface area (Å²) in [7, 11) is 0. The number of benzene rings is 1. The van der Waals surface area contributed by atoms with Crippen molar-refractivity contribution in [3.8, 4) is 5.75 Å². The van der Waals surface area contributed by atoms with Gasteiger partial charge >= 0.3 is 5.97 Å². The van der Waals surface area contributed by atoms with Crippen LogP contribution in [-0.2, 0) is 9.47 Å². The molecule has 1 heterocycles. The van der Waals surface area contributed by atoms with Crippen LogP contribution in [-0.4, -0.2) is 30.4 Å². The largest absolute Gasteiger partial charge is 0.505 e. The number of carbonyl (C=O) groups is 1. The van der Waals surface area contributed by atoms with E-state index >= 15 is 0 Å². The zero-order valence-corrected chi connectivity index (χ0v) is 10.1. The number of hydrogen-bond acceptors (Lipinski definition) is 5. The number of rotatable bonds is 3. The van der Waals surface area contributed by atoms with Crippen LogP contribution in [0.2, 0.25) is 0 Å². The van der Waals surface area contributed by atoms with Crippen molar-refractivity contribution in [2.24, 2.45) is 0 Å². The Hall–Kier alpha value is -1.75. The summed E-state index contributed by atoms with van der Waals surface area (Å²) in [6.45, 7) is 0.929. The Morgan fingerprint density at radius 1 is 1.50 bits per heavy atom. The summed E-state index contributed by atoms with van der Waals surface area (Å²) in [5, 5.41) is 9.65. The first-order valence-electron chi connectivity index (χ1n) is 6.04. The Labute approximate surface area is 106 Å². The van der Waals surface area contributed by atoms with Crippen molar-refractivity contribution in [1.29, 1.82) is 0 Å². The average Bonchev–Trinajstić information content (AvgIpc) is 2.40. The number of hydrogen-bond donors (Lipinski definition) is 2. The molecule has 1 aromatic carbocycles. The molecule has 0 amide bonds. The average molecular weight is 251 g/mol. The van der Waals surface area contributed by atoms with Crippen molar-refractivity contribution in [2.45, 2.75) is 25.4 Å². The van der Waals surface area contributed by atoms with Gasteiger partial charge in [-0.05, 0) is 31.4 Å². The van der Waals surface area contributed by atoms with Gasteiger partial charge in [-0.15, -0.1) is 0 Å². The van der Waals surface area contributed by atoms with Crippen molar-refractivity contribution in [1.82, 2.24) is 0 Å². The molecule has 2 rings (SSSR count). The lowest BCUT2D eigenvalue weighted by atomic mass is 10.1. The monoisotopic (exact) mass is 251 g/mol. The highest BCUT2D eigenvalue weighted by molar-refractivity contribution is 5.94. The number of nitrogen functional groups attached to an aromatic ring is 1. The van der Waals surface area contributed by atoms with Gasteiger partial charge in [0.15, 0.2) is 5.75 Å². The second-order valence-corrected chi connectivity index (χ2v) is 4.33. The van der Waals surface area contributed by atoms with Crippen LogP contribution in [0.3, 0.4) is 0 Å².